The van der Waals surface area contributed by atoms with Gasteiger partial charge in [0.1, 0.15) is 12.4 Å². The number of imidazole rings is 1. The Morgan fingerprint density at radius 2 is 1.32 bits per heavy atom. The Hall–Kier alpha value is -0.790. The van der Waals surface area contributed by atoms with E-state index in [0.717, 1.165) is 5.92 Å². The highest BCUT2D eigenvalue weighted by molar-refractivity contribution is 4.76. The van der Waals surface area contributed by atoms with Gasteiger partial charge in [0.05, 0.1) is 7.05 Å². The summed E-state index contributed by atoms with van der Waals surface area (Å²) in [5, 5.41) is 0. The van der Waals surface area contributed by atoms with Crippen LogP contribution in [-0.2, 0) is 13.5 Å². The largest absolute Gasteiger partial charge is 0.253 e. The summed E-state index contributed by atoms with van der Waals surface area (Å²) in [6.07, 6.45) is 22.5. The summed E-state index contributed by atoms with van der Waals surface area (Å²) < 4.78 is 2.20. The molecule has 0 aliphatic heterocycles. The van der Waals surface area contributed by atoms with E-state index in [0.29, 0.717) is 0 Å². The average molecular weight is 308 g/mol. The molecule has 0 saturated heterocycles. The lowest BCUT2D eigenvalue weighted by molar-refractivity contribution is -0.677. The summed E-state index contributed by atoms with van der Waals surface area (Å²) in [5.41, 5.74) is 0. The molecule has 1 N–H and O–H groups in total. The number of nitrogens with one attached hydrogen (secondary N) is 1. The van der Waals surface area contributed by atoms with Crippen molar-refractivity contribution in [3.8, 4) is 0 Å². The van der Waals surface area contributed by atoms with Crippen LogP contribution in [0, 0.1) is 5.92 Å². The Bertz CT molecular complexity index is 354. The SMILES string of the molecule is CC(C)CCCCCCCCCCCCCc1[nH]cc[n+]1C. The summed E-state index contributed by atoms with van der Waals surface area (Å²) in [6.45, 7) is 4.66. The molecule has 1 aromatic rings. The molecule has 0 atom stereocenters. The second-order valence-electron chi connectivity index (χ2n) is 7.34. The molecule has 1 rings (SSSR count). The monoisotopic (exact) mass is 307 g/mol. The topological polar surface area (TPSA) is 19.7 Å². The molecule has 0 fully saturated rings. The minimum absolute atomic E-state index is 0.888. The van der Waals surface area contributed by atoms with Crippen molar-refractivity contribution in [2.45, 2.75) is 97.3 Å². The molecule has 1 aromatic heterocycles. The van der Waals surface area contributed by atoms with Crippen molar-refractivity contribution in [3.05, 3.63) is 18.2 Å². The fourth-order valence-electron chi connectivity index (χ4n) is 3.12. The molecule has 0 radical (unpaired) electrons. The number of aromatic amines is 1. The van der Waals surface area contributed by atoms with Gasteiger partial charge in [-0.05, 0) is 12.3 Å². The van der Waals surface area contributed by atoms with E-state index in [1.807, 2.05) is 6.20 Å². The van der Waals surface area contributed by atoms with Crippen molar-refractivity contribution in [1.82, 2.24) is 4.98 Å². The first kappa shape index (κ1) is 19.3. The third-order valence-electron chi connectivity index (χ3n) is 4.67. The maximum absolute atomic E-state index is 3.31. The maximum atomic E-state index is 3.31. The number of hydrogen-bond donors (Lipinski definition) is 1. The number of unbranched alkanes of at least 4 members (excludes halogenated alkanes) is 10. The van der Waals surface area contributed by atoms with Crippen LogP contribution in [0.5, 0.6) is 0 Å². The summed E-state index contributed by atoms with van der Waals surface area (Å²) >= 11 is 0. The van der Waals surface area contributed by atoms with Crippen molar-refractivity contribution in [3.63, 3.8) is 0 Å². The van der Waals surface area contributed by atoms with Crippen LogP contribution in [-0.4, -0.2) is 4.98 Å². The summed E-state index contributed by atoms with van der Waals surface area (Å²) in [7, 11) is 2.12. The molecule has 1 heterocycles. The second kappa shape index (κ2) is 12.7. The van der Waals surface area contributed by atoms with Gasteiger partial charge in [-0.1, -0.05) is 84.5 Å². The highest BCUT2D eigenvalue weighted by Crippen LogP contribution is 2.14. The fraction of sp³-hybridized carbons (Fsp3) is 0.850. The van der Waals surface area contributed by atoms with E-state index in [2.05, 4.69) is 36.6 Å². The summed E-state index contributed by atoms with van der Waals surface area (Å²) in [5.74, 6) is 2.25. The van der Waals surface area contributed by atoms with E-state index in [4.69, 9.17) is 0 Å². The lowest BCUT2D eigenvalue weighted by Gasteiger charge is -2.04. The number of nitrogens with zero attached hydrogens (tertiary/aromatic N) is 1. The Morgan fingerprint density at radius 1 is 0.818 bits per heavy atom. The highest BCUT2D eigenvalue weighted by Gasteiger charge is 2.04. The Morgan fingerprint density at radius 3 is 1.77 bits per heavy atom. The van der Waals surface area contributed by atoms with Crippen LogP contribution < -0.4 is 4.57 Å². The van der Waals surface area contributed by atoms with Gasteiger partial charge in [0.2, 0.25) is 0 Å². The van der Waals surface area contributed by atoms with Crippen LogP contribution in [0.4, 0.5) is 0 Å². The number of aryl methyl sites for hydroxylation is 2. The fourth-order valence-corrected chi connectivity index (χ4v) is 3.12. The van der Waals surface area contributed by atoms with E-state index in [-0.39, 0.29) is 0 Å². The first-order valence-electron chi connectivity index (χ1n) is 9.72. The number of aromatic nitrogens is 2. The van der Waals surface area contributed by atoms with Gasteiger partial charge in [-0.25, -0.2) is 9.55 Å². The van der Waals surface area contributed by atoms with Crippen LogP contribution in [0.1, 0.15) is 96.7 Å². The first-order valence-corrected chi connectivity index (χ1v) is 9.72. The average Bonchev–Trinajstić information content (AvgIpc) is 2.89. The minimum Gasteiger partial charge on any atom is -0.248 e. The quantitative estimate of drug-likeness (QED) is 0.335. The van der Waals surface area contributed by atoms with Crippen LogP contribution in [0.2, 0.25) is 0 Å². The summed E-state index contributed by atoms with van der Waals surface area (Å²) in [6, 6.07) is 0. The van der Waals surface area contributed by atoms with Gasteiger partial charge in [0.25, 0.3) is 5.82 Å². The molecule has 0 amide bonds. The van der Waals surface area contributed by atoms with Gasteiger partial charge in [-0.2, -0.15) is 0 Å². The standard InChI is InChI=1S/C20H38N2/c1-19(2)15-13-11-9-7-5-4-6-8-10-12-14-16-20-21-17-18-22(20)3/h17-19H,4-16H2,1-3H3/p+1. The number of H-pyrrole nitrogens is 1. The van der Waals surface area contributed by atoms with Crippen molar-refractivity contribution in [2.75, 3.05) is 0 Å². The third kappa shape index (κ3) is 10.0. The lowest BCUT2D eigenvalue weighted by Crippen LogP contribution is -2.30. The van der Waals surface area contributed by atoms with Crippen molar-refractivity contribution >= 4 is 0 Å². The van der Waals surface area contributed by atoms with Crippen molar-refractivity contribution in [1.29, 1.82) is 0 Å². The molecule has 2 heteroatoms. The predicted octanol–water partition coefficient (Wildman–Crippen LogP) is 5.72. The van der Waals surface area contributed by atoms with Gasteiger partial charge < -0.3 is 0 Å². The zero-order chi connectivity index (χ0) is 16.0. The predicted molar refractivity (Wildman–Crippen MR) is 95.9 cm³/mol. The zero-order valence-corrected chi connectivity index (χ0v) is 15.4. The van der Waals surface area contributed by atoms with E-state index in [1.165, 1.54) is 89.3 Å². The Labute approximate surface area is 138 Å². The third-order valence-corrected chi connectivity index (χ3v) is 4.67. The van der Waals surface area contributed by atoms with Crippen molar-refractivity contribution < 1.29 is 4.57 Å². The van der Waals surface area contributed by atoms with Crippen LogP contribution >= 0.6 is 0 Å². The highest BCUT2D eigenvalue weighted by atomic mass is 15.0. The summed E-state index contributed by atoms with van der Waals surface area (Å²) in [4.78, 5) is 3.31. The normalized spacial score (nSPS) is 11.5. The molecule has 0 unspecified atom stereocenters. The van der Waals surface area contributed by atoms with E-state index in [1.54, 1.807) is 0 Å². The van der Waals surface area contributed by atoms with Gasteiger partial charge in [-0.3, -0.25) is 0 Å². The smallest absolute Gasteiger partial charge is 0.248 e. The molecule has 0 bridgehead atoms. The van der Waals surface area contributed by atoms with Crippen LogP contribution in [0.25, 0.3) is 0 Å². The minimum atomic E-state index is 0.888. The lowest BCUT2D eigenvalue weighted by atomic mass is 10.0. The van der Waals surface area contributed by atoms with Gasteiger partial charge in [-0.15, -0.1) is 0 Å². The van der Waals surface area contributed by atoms with Gasteiger partial charge >= 0.3 is 0 Å². The number of hydrogen-bond acceptors (Lipinski definition) is 0. The van der Waals surface area contributed by atoms with E-state index in [9.17, 15) is 0 Å². The van der Waals surface area contributed by atoms with E-state index < -0.39 is 0 Å². The Kier molecular flexibility index (Phi) is 11.1. The van der Waals surface area contributed by atoms with Gasteiger partial charge in [0.15, 0.2) is 0 Å². The molecule has 2 nitrogen and oxygen atoms in total. The van der Waals surface area contributed by atoms with E-state index >= 15 is 0 Å². The van der Waals surface area contributed by atoms with Crippen LogP contribution in [0.15, 0.2) is 12.4 Å². The van der Waals surface area contributed by atoms with Crippen molar-refractivity contribution in [2.24, 2.45) is 13.0 Å². The molecule has 0 aliphatic rings. The second-order valence-corrected chi connectivity index (χ2v) is 7.34. The maximum Gasteiger partial charge on any atom is 0.253 e. The molecular formula is C20H39N2+. The van der Waals surface area contributed by atoms with Crippen LogP contribution in [0.3, 0.4) is 0 Å². The molecule has 0 spiro atoms. The molecule has 22 heavy (non-hydrogen) atoms. The number of rotatable bonds is 14. The first-order chi connectivity index (χ1) is 10.7. The zero-order valence-electron chi connectivity index (χ0n) is 15.4. The molecule has 0 aromatic carbocycles. The van der Waals surface area contributed by atoms with Gasteiger partial charge in [0, 0.05) is 6.42 Å². The molecule has 0 aliphatic carbocycles. The molecule has 0 saturated carbocycles. The molecule has 128 valence electrons. The molecular weight excluding hydrogens is 268 g/mol. The Balaban J connectivity index is 1.76.